The van der Waals surface area contributed by atoms with Gasteiger partial charge in [-0.1, -0.05) is 18.2 Å². The van der Waals surface area contributed by atoms with E-state index in [2.05, 4.69) is 4.74 Å². The molecule has 0 radical (unpaired) electrons. The van der Waals surface area contributed by atoms with E-state index < -0.39 is 23.2 Å². The van der Waals surface area contributed by atoms with Gasteiger partial charge < -0.3 is 10.5 Å². The number of ether oxygens (including phenoxy) is 1. The summed E-state index contributed by atoms with van der Waals surface area (Å²) >= 11 is 0. The maximum atomic E-state index is 12.7. The van der Waals surface area contributed by atoms with Gasteiger partial charge in [0.2, 0.25) is 0 Å². The summed E-state index contributed by atoms with van der Waals surface area (Å²) in [5.41, 5.74) is 2.54. The maximum absolute atomic E-state index is 12.7. The van der Waals surface area contributed by atoms with Gasteiger partial charge in [-0.15, -0.1) is 0 Å². The molecule has 1 aromatic carbocycles. The highest BCUT2D eigenvalue weighted by atomic mass is 19.4. The number of nitrogens with two attached hydrogens (primary N) is 1. The third kappa shape index (κ3) is 2.58. The smallest absolute Gasteiger partial charge is 0.416 e. The minimum absolute atomic E-state index is 0.306. The number of esters is 1. The fourth-order valence-electron chi connectivity index (χ4n) is 1.51. The molecular weight excluding hydrogens is 235 g/mol. The number of hydrogen-bond acceptors (Lipinski definition) is 3. The SMILES string of the molecule is COC(=O)C(C)(N)c1ccccc1C(F)(F)F. The first-order valence-electron chi connectivity index (χ1n) is 4.75. The molecule has 0 aliphatic rings. The number of benzene rings is 1. The van der Waals surface area contributed by atoms with Crippen LogP contribution in [0.2, 0.25) is 0 Å². The van der Waals surface area contributed by atoms with Crippen molar-refractivity contribution in [1.29, 1.82) is 0 Å². The van der Waals surface area contributed by atoms with E-state index in [0.29, 0.717) is 0 Å². The molecule has 1 unspecified atom stereocenters. The lowest BCUT2D eigenvalue weighted by Crippen LogP contribution is -2.44. The van der Waals surface area contributed by atoms with Gasteiger partial charge in [0.05, 0.1) is 12.7 Å². The fourth-order valence-corrected chi connectivity index (χ4v) is 1.51. The number of methoxy groups -OCH3 is 1. The predicted octanol–water partition coefficient (Wildman–Crippen LogP) is 2.05. The van der Waals surface area contributed by atoms with Crippen LogP contribution in [0.25, 0.3) is 0 Å². The molecule has 17 heavy (non-hydrogen) atoms. The van der Waals surface area contributed by atoms with Gasteiger partial charge in [0.15, 0.2) is 0 Å². The number of halogens is 3. The first-order chi connectivity index (χ1) is 7.71. The van der Waals surface area contributed by atoms with Gasteiger partial charge in [-0.05, 0) is 18.6 Å². The molecule has 0 bridgehead atoms. The largest absolute Gasteiger partial charge is 0.467 e. The van der Waals surface area contributed by atoms with Crippen molar-refractivity contribution in [2.75, 3.05) is 7.11 Å². The van der Waals surface area contributed by atoms with Crippen LogP contribution < -0.4 is 5.73 Å². The van der Waals surface area contributed by atoms with Crippen molar-refractivity contribution >= 4 is 5.97 Å². The number of carbonyl (C=O) groups excluding carboxylic acids is 1. The molecule has 1 aromatic rings. The summed E-state index contributed by atoms with van der Waals surface area (Å²) in [7, 11) is 1.07. The lowest BCUT2D eigenvalue weighted by atomic mass is 9.89. The summed E-state index contributed by atoms with van der Waals surface area (Å²) in [5.74, 6) is -0.922. The Morgan fingerprint density at radius 1 is 1.24 bits per heavy atom. The zero-order chi connectivity index (χ0) is 13.3. The lowest BCUT2D eigenvalue weighted by molar-refractivity contribution is -0.148. The minimum Gasteiger partial charge on any atom is -0.467 e. The quantitative estimate of drug-likeness (QED) is 0.814. The highest BCUT2D eigenvalue weighted by Crippen LogP contribution is 2.36. The molecule has 0 aromatic heterocycles. The Kier molecular flexibility index (Phi) is 3.47. The summed E-state index contributed by atoms with van der Waals surface area (Å²) in [5, 5.41) is 0. The molecule has 0 fully saturated rings. The van der Waals surface area contributed by atoms with Crippen LogP contribution in [0.15, 0.2) is 24.3 Å². The van der Waals surface area contributed by atoms with E-state index in [1.54, 1.807) is 0 Å². The molecule has 0 aliphatic carbocycles. The monoisotopic (exact) mass is 247 g/mol. The van der Waals surface area contributed by atoms with E-state index in [1.807, 2.05) is 0 Å². The molecule has 0 heterocycles. The molecule has 0 aliphatic heterocycles. The second-order valence-corrected chi connectivity index (χ2v) is 3.74. The average molecular weight is 247 g/mol. The average Bonchev–Trinajstić information content (AvgIpc) is 2.26. The highest BCUT2D eigenvalue weighted by molar-refractivity contribution is 5.82. The summed E-state index contributed by atoms with van der Waals surface area (Å²) in [6.07, 6.45) is -4.56. The number of alkyl halides is 3. The molecule has 1 rings (SSSR count). The second kappa shape index (κ2) is 4.37. The zero-order valence-corrected chi connectivity index (χ0v) is 9.34. The summed E-state index contributed by atoms with van der Waals surface area (Å²) in [6, 6.07) is 4.67. The van der Waals surface area contributed by atoms with E-state index in [0.717, 1.165) is 13.2 Å². The third-order valence-corrected chi connectivity index (χ3v) is 2.40. The van der Waals surface area contributed by atoms with Crippen molar-refractivity contribution in [2.24, 2.45) is 5.73 Å². The maximum Gasteiger partial charge on any atom is 0.416 e. The van der Waals surface area contributed by atoms with Crippen LogP contribution in [0.5, 0.6) is 0 Å². The minimum atomic E-state index is -4.56. The Hall–Kier alpha value is -1.56. The van der Waals surface area contributed by atoms with Gasteiger partial charge in [-0.3, -0.25) is 0 Å². The van der Waals surface area contributed by atoms with Gasteiger partial charge in [0, 0.05) is 0 Å². The molecule has 0 saturated carbocycles. The van der Waals surface area contributed by atoms with Crippen LogP contribution in [-0.2, 0) is 21.2 Å². The van der Waals surface area contributed by atoms with Crippen molar-refractivity contribution in [3.8, 4) is 0 Å². The van der Waals surface area contributed by atoms with E-state index >= 15 is 0 Å². The van der Waals surface area contributed by atoms with Crippen molar-refractivity contribution in [3.63, 3.8) is 0 Å². The topological polar surface area (TPSA) is 52.3 Å². The Bertz CT molecular complexity index is 427. The summed E-state index contributed by atoms with van der Waals surface area (Å²) in [6.45, 7) is 1.18. The molecule has 0 spiro atoms. The number of carbonyl (C=O) groups is 1. The van der Waals surface area contributed by atoms with Gasteiger partial charge in [-0.2, -0.15) is 13.2 Å². The van der Waals surface area contributed by atoms with Crippen molar-refractivity contribution < 1.29 is 22.7 Å². The molecule has 0 saturated heterocycles. The molecule has 3 nitrogen and oxygen atoms in total. The van der Waals surface area contributed by atoms with Crippen LogP contribution in [-0.4, -0.2) is 13.1 Å². The van der Waals surface area contributed by atoms with Crippen molar-refractivity contribution in [1.82, 2.24) is 0 Å². The van der Waals surface area contributed by atoms with Gasteiger partial charge in [0.25, 0.3) is 0 Å². The lowest BCUT2D eigenvalue weighted by Gasteiger charge is -2.25. The van der Waals surface area contributed by atoms with Gasteiger partial charge in [-0.25, -0.2) is 4.79 Å². The summed E-state index contributed by atoms with van der Waals surface area (Å²) < 4.78 is 42.6. The standard InChI is InChI=1S/C11H12F3NO2/c1-10(15,9(16)17-2)7-5-3-4-6-8(7)11(12,13)14/h3-6H,15H2,1-2H3. The molecule has 94 valence electrons. The Morgan fingerprint density at radius 2 is 1.71 bits per heavy atom. The van der Waals surface area contributed by atoms with E-state index in [4.69, 9.17) is 5.73 Å². The van der Waals surface area contributed by atoms with Crippen LogP contribution >= 0.6 is 0 Å². The Labute approximate surface area is 96.4 Å². The van der Waals surface area contributed by atoms with Crippen LogP contribution in [0, 0.1) is 0 Å². The molecular formula is C11H12F3NO2. The predicted molar refractivity (Wildman–Crippen MR) is 55.0 cm³/mol. The zero-order valence-electron chi connectivity index (χ0n) is 9.34. The van der Waals surface area contributed by atoms with Crippen LogP contribution in [0.1, 0.15) is 18.1 Å². The second-order valence-electron chi connectivity index (χ2n) is 3.74. The van der Waals surface area contributed by atoms with Gasteiger partial charge in [0.1, 0.15) is 5.54 Å². The van der Waals surface area contributed by atoms with Crippen LogP contribution in [0.3, 0.4) is 0 Å². The van der Waals surface area contributed by atoms with Crippen LogP contribution in [0.4, 0.5) is 13.2 Å². The normalized spacial score (nSPS) is 15.2. The molecule has 0 amide bonds. The Morgan fingerprint density at radius 3 is 2.12 bits per heavy atom. The first kappa shape index (κ1) is 13.5. The highest BCUT2D eigenvalue weighted by Gasteiger charge is 2.41. The molecule has 6 heteroatoms. The van der Waals surface area contributed by atoms with E-state index in [1.165, 1.54) is 25.1 Å². The fraction of sp³-hybridized carbons (Fsp3) is 0.364. The van der Waals surface area contributed by atoms with E-state index in [-0.39, 0.29) is 5.56 Å². The van der Waals surface area contributed by atoms with E-state index in [9.17, 15) is 18.0 Å². The van der Waals surface area contributed by atoms with Crippen molar-refractivity contribution in [2.45, 2.75) is 18.6 Å². The van der Waals surface area contributed by atoms with Crippen molar-refractivity contribution in [3.05, 3.63) is 35.4 Å². The number of hydrogen-bond donors (Lipinski definition) is 1. The third-order valence-electron chi connectivity index (χ3n) is 2.40. The summed E-state index contributed by atoms with van der Waals surface area (Å²) in [4.78, 5) is 11.4. The molecule has 1 atom stereocenters. The molecule has 2 N–H and O–H groups in total. The Balaban J connectivity index is 3.37. The number of rotatable bonds is 2. The first-order valence-corrected chi connectivity index (χ1v) is 4.75. The van der Waals surface area contributed by atoms with Gasteiger partial charge >= 0.3 is 12.1 Å².